The molecule has 1 N–H and O–H groups in total. The first-order valence-electron chi connectivity index (χ1n) is 12.2. The molecule has 0 aromatic heterocycles. The lowest BCUT2D eigenvalue weighted by Gasteiger charge is -2.34. The molecular weight excluding hydrogens is 478 g/mol. The summed E-state index contributed by atoms with van der Waals surface area (Å²) in [6.07, 6.45) is 2.21. The molecule has 0 radical (unpaired) electrons. The molecule has 9 heteroatoms. The van der Waals surface area contributed by atoms with Gasteiger partial charge in [0.2, 0.25) is 21.8 Å². The summed E-state index contributed by atoms with van der Waals surface area (Å²) >= 11 is 0. The Labute approximate surface area is 215 Å². The molecule has 0 aliphatic heterocycles. The number of benzene rings is 2. The summed E-state index contributed by atoms with van der Waals surface area (Å²) < 4.78 is 32.2. The highest BCUT2D eigenvalue weighted by molar-refractivity contribution is 7.92. The van der Waals surface area contributed by atoms with E-state index in [1.807, 2.05) is 65.0 Å². The molecule has 198 valence electrons. The van der Waals surface area contributed by atoms with Crippen molar-refractivity contribution in [3.05, 3.63) is 59.2 Å². The normalized spacial score (nSPS) is 13.0. The zero-order chi connectivity index (χ0) is 27.0. The molecular formula is C27H39N3O5S. The fourth-order valence-electron chi connectivity index (χ4n) is 4.10. The summed E-state index contributed by atoms with van der Waals surface area (Å²) in [7, 11) is -2.22. The Morgan fingerprint density at radius 3 is 2.17 bits per heavy atom. The molecule has 0 bridgehead atoms. The number of methoxy groups -OCH3 is 1. The molecule has 0 saturated heterocycles. The van der Waals surface area contributed by atoms with Gasteiger partial charge >= 0.3 is 0 Å². The van der Waals surface area contributed by atoms with Gasteiger partial charge in [0.1, 0.15) is 18.3 Å². The Morgan fingerprint density at radius 2 is 1.64 bits per heavy atom. The lowest BCUT2D eigenvalue weighted by molar-refractivity contribution is -0.140. The number of anilines is 1. The van der Waals surface area contributed by atoms with Crippen molar-refractivity contribution in [3.8, 4) is 5.75 Å². The molecule has 0 aliphatic carbocycles. The summed E-state index contributed by atoms with van der Waals surface area (Å²) in [6.45, 7) is 9.06. The van der Waals surface area contributed by atoms with Crippen LogP contribution in [0.2, 0.25) is 0 Å². The van der Waals surface area contributed by atoms with Gasteiger partial charge < -0.3 is 15.0 Å². The monoisotopic (exact) mass is 517 g/mol. The van der Waals surface area contributed by atoms with Crippen LogP contribution in [0.5, 0.6) is 5.75 Å². The van der Waals surface area contributed by atoms with Crippen molar-refractivity contribution >= 4 is 27.5 Å². The minimum Gasteiger partial charge on any atom is -0.497 e. The van der Waals surface area contributed by atoms with Gasteiger partial charge in [0.05, 0.1) is 19.1 Å². The lowest BCUT2D eigenvalue weighted by Crippen LogP contribution is -2.53. The number of ether oxygens (including phenoxy) is 1. The van der Waals surface area contributed by atoms with Crippen molar-refractivity contribution in [3.63, 3.8) is 0 Å². The average Bonchev–Trinajstić information content (AvgIpc) is 2.82. The number of sulfonamides is 1. The summed E-state index contributed by atoms with van der Waals surface area (Å²) in [4.78, 5) is 28.5. The van der Waals surface area contributed by atoms with Crippen molar-refractivity contribution in [2.45, 2.75) is 66.1 Å². The van der Waals surface area contributed by atoms with Crippen LogP contribution >= 0.6 is 0 Å². The molecule has 0 unspecified atom stereocenters. The number of amides is 2. The number of para-hydroxylation sites is 1. The van der Waals surface area contributed by atoms with E-state index in [0.29, 0.717) is 17.9 Å². The van der Waals surface area contributed by atoms with Gasteiger partial charge in [-0.05, 0) is 62.4 Å². The summed E-state index contributed by atoms with van der Waals surface area (Å²) in [5, 5.41) is 2.97. The van der Waals surface area contributed by atoms with Gasteiger partial charge in [-0.3, -0.25) is 13.9 Å². The minimum atomic E-state index is -3.79. The molecule has 0 spiro atoms. The topological polar surface area (TPSA) is 96.0 Å². The third kappa shape index (κ3) is 7.46. The number of hydrogen-bond acceptors (Lipinski definition) is 5. The predicted molar refractivity (Wildman–Crippen MR) is 144 cm³/mol. The highest BCUT2D eigenvalue weighted by atomic mass is 32.2. The number of carbonyl (C=O) groups is 2. The van der Waals surface area contributed by atoms with Gasteiger partial charge in [-0.2, -0.15) is 0 Å². The smallest absolute Gasteiger partial charge is 0.244 e. The van der Waals surface area contributed by atoms with Crippen LogP contribution in [0.3, 0.4) is 0 Å². The van der Waals surface area contributed by atoms with Crippen molar-refractivity contribution in [1.82, 2.24) is 10.2 Å². The highest BCUT2D eigenvalue weighted by Crippen LogP contribution is 2.27. The van der Waals surface area contributed by atoms with E-state index in [0.717, 1.165) is 33.7 Å². The molecule has 8 nitrogen and oxygen atoms in total. The molecule has 2 aromatic carbocycles. The Bertz CT molecular complexity index is 1150. The zero-order valence-electron chi connectivity index (χ0n) is 22.4. The molecule has 2 amide bonds. The van der Waals surface area contributed by atoms with Crippen LogP contribution in [-0.2, 0) is 26.2 Å². The van der Waals surface area contributed by atoms with Crippen molar-refractivity contribution in [2.75, 3.05) is 24.2 Å². The van der Waals surface area contributed by atoms with Gasteiger partial charge in [0.15, 0.2) is 0 Å². The molecule has 0 fully saturated rings. The fraction of sp³-hybridized carbons (Fsp3) is 0.481. The van der Waals surface area contributed by atoms with Crippen LogP contribution in [0.15, 0.2) is 42.5 Å². The Morgan fingerprint density at radius 1 is 1.03 bits per heavy atom. The molecule has 0 saturated carbocycles. The fourth-order valence-corrected chi connectivity index (χ4v) is 5.07. The number of aryl methyl sites for hydroxylation is 2. The predicted octanol–water partition coefficient (Wildman–Crippen LogP) is 3.80. The molecule has 2 rings (SSSR count). The third-order valence-corrected chi connectivity index (χ3v) is 7.35. The first kappa shape index (κ1) is 29.2. The number of nitrogens with one attached hydrogen (secondary N) is 1. The van der Waals surface area contributed by atoms with E-state index in [9.17, 15) is 18.0 Å². The lowest BCUT2D eigenvalue weighted by atomic mass is 10.1. The standard InChI is InChI=1S/C27H39N3O5S/c1-8-21(5)28-27(32)24(9-2)29(17-22-14-11-15-23(16-22)35-6)25(31)18-30(36(7,33)34)26-19(3)12-10-13-20(26)4/h10-16,21,24H,8-9,17-18H2,1-7H3,(H,28,32)/t21-,24-/m0/s1. The van der Waals surface area contributed by atoms with E-state index < -0.39 is 28.5 Å². The minimum absolute atomic E-state index is 0.0533. The van der Waals surface area contributed by atoms with Crippen LogP contribution in [0.25, 0.3) is 0 Å². The Hall–Kier alpha value is -3.07. The van der Waals surface area contributed by atoms with Crippen LogP contribution < -0.4 is 14.4 Å². The van der Waals surface area contributed by atoms with Crippen molar-refractivity contribution in [1.29, 1.82) is 0 Å². The quantitative estimate of drug-likeness (QED) is 0.462. The molecule has 2 atom stereocenters. The second-order valence-electron chi connectivity index (χ2n) is 9.13. The Kier molecular flexibility index (Phi) is 10.3. The molecule has 2 aromatic rings. The van der Waals surface area contributed by atoms with Gasteiger partial charge in [-0.1, -0.05) is 44.2 Å². The second-order valence-corrected chi connectivity index (χ2v) is 11.0. The van der Waals surface area contributed by atoms with Gasteiger partial charge in [0.25, 0.3) is 0 Å². The van der Waals surface area contributed by atoms with Gasteiger partial charge in [-0.15, -0.1) is 0 Å². The maximum Gasteiger partial charge on any atom is 0.244 e. The van der Waals surface area contributed by atoms with Gasteiger partial charge in [-0.25, -0.2) is 8.42 Å². The van der Waals surface area contributed by atoms with Gasteiger partial charge in [0, 0.05) is 12.6 Å². The van der Waals surface area contributed by atoms with E-state index >= 15 is 0 Å². The van der Waals surface area contributed by atoms with E-state index in [2.05, 4.69) is 5.32 Å². The first-order chi connectivity index (χ1) is 16.9. The SMILES string of the molecule is CC[C@H](C)NC(=O)[C@H](CC)N(Cc1cccc(OC)c1)C(=O)CN(c1c(C)cccc1C)S(C)(=O)=O. The van der Waals surface area contributed by atoms with Crippen LogP contribution in [0.4, 0.5) is 5.69 Å². The summed E-state index contributed by atoms with van der Waals surface area (Å²) in [5.74, 6) is -0.0941. The van der Waals surface area contributed by atoms with Crippen LogP contribution in [0.1, 0.15) is 50.3 Å². The Balaban J connectivity index is 2.51. The van der Waals surface area contributed by atoms with Crippen molar-refractivity contribution in [2.24, 2.45) is 0 Å². The molecule has 0 aliphatic rings. The highest BCUT2D eigenvalue weighted by Gasteiger charge is 2.32. The molecule has 0 heterocycles. The zero-order valence-corrected chi connectivity index (χ0v) is 23.2. The summed E-state index contributed by atoms with van der Waals surface area (Å²) in [5.41, 5.74) is 2.74. The molecule has 36 heavy (non-hydrogen) atoms. The maximum atomic E-state index is 13.8. The van der Waals surface area contributed by atoms with Crippen molar-refractivity contribution < 1.29 is 22.7 Å². The first-order valence-corrected chi connectivity index (χ1v) is 14.0. The average molecular weight is 518 g/mol. The number of nitrogens with zero attached hydrogens (tertiary/aromatic N) is 2. The van der Waals surface area contributed by atoms with E-state index in [-0.39, 0.29) is 18.5 Å². The van der Waals surface area contributed by atoms with Crippen LogP contribution in [0, 0.1) is 13.8 Å². The largest absolute Gasteiger partial charge is 0.497 e. The number of carbonyl (C=O) groups excluding carboxylic acids is 2. The van der Waals surface area contributed by atoms with Crippen LogP contribution in [-0.4, -0.2) is 57.1 Å². The summed E-state index contributed by atoms with van der Waals surface area (Å²) in [6, 6.07) is 11.9. The maximum absolute atomic E-state index is 13.8. The third-order valence-electron chi connectivity index (χ3n) is 6.24. The van der Waals surface area contributed by atoms with E-state index in [1.165, 1.54) is 4.90 Å². The second kappa shape index (κ2) is 12.8. The van der Waals surface area contributed by atoms with E-state index in [4.69, 9.17) is 4.74 Å². The van der Waals surface area contributed by atoms with E-state index in [1.54, 1.807) is 19.2 Å². The number of hydrogen-bond donors (Lipinski definition) is 1. The number of rotatable bonds is 12.